The summed E-state index contributed by atoms with van der Waals surface area (Å²) in [4.78, 5) is 9.12. The van der Waals surface area contributed by atoms with E-state index in [1.807, 2.05) is 30.5 Å². The Morgan fingerprint density at radius 3 is 2.30 bits per heavy atom. The lowest BCUT2D eigenvalue weighted by Gasteiger charge is -2.37. The van der Waals surface area contributed by atoms with Gasteiger partial charge in [-0.1, -0.05) is 18.2 Å². The number of hydrogen-bond donors (Lipinski definition) is 0. The van der Waals surface area contributed by atoms with Crippen LogP contribution in [0.1, 0.15) is 0 Å². The zero-order valence-corrected chi connectivity index (χ0v) is 11.7. The summed E-state index contributed by atoms with van der Waals surface area (Å²) in [5, 5.41) is 0. The van der Waals surface area contributed by atoms with Crippen molar-refractivity contribution in [2.24, 2.45) is 0 Å². The lowest BCUT2D eigenvalue weighted by Crippen LogP contribution is -2.46. The topological polar surface area (TPSA) is 28.6 Å². The lowest BCUT2D eigenvalue weighted by atomic mass is 10.2. The molecule has 2 aromatic rings. The number of piperazine rings is 1. The molecule has 2 heterocycles. The highest BCUT2D eigenvalue weighted by atomic mass is 16.5. The number of pyridine rings is 1. The number of rotatable bonds is 3. The van der Waals surface area contributed by atoms with Crippen molar-refractivity contribution in [3.8, 4) is 5.75 Å². The first-order chi connectivity index (χ1) is 9.88. The van der Waals surface area contributed by atoms with Gasteiger partial charge in [0.15, 0.2) is 0 Å². The molecule has 1 fully saturated rings. The Balaban J connectivity index is 1.70. The van der Waals surface area contributed by atoms with Crippen molar-refractivity contribution in [3.63, 3.8) is 0 Å². The third kappa shape index (κ3) is 2.54. The number of nitrogens with zero attached hydrogens (tertiary/aromatic N) is 3. The number of methoxy groups -OCH3 is 1. The molecule has 4 heteroatoms. The van der Waals surface area contributed by atoms with Crippen molar-refractivity contribution in [1.82, 2.24) is 4.98 Å². The molecule has 20 heavy (non-hydrogen) atoms. The van der Waals surface area contributed by atoms with E-state index in [-0.39, 0.29) is 0 Å². The van der Waals surface area contributed by atoms with E-state index >= 15 is 0 Å². The summed E-state index contributed by atoms with van der Waals surface area (Å²) in [7, 11) is 1.73. The van der Waals surface area contributed by atoms with E-state index in [1.54, 1.807) is 7.11 Å². The third-order valence-electron chi connectivity index (χ3n) is 3.68. The van der Waals surface area contributed by atoms with Gasteiger partial charge in [0.1, 0.15) is 11.6 Å². The largest absolute Gasteiger partial charge is 0.495 e. The van der Waals surface area contributed by atoms with Crippen LogP contribution in [0.25, 0.3) is 0 Å². The Kier molecular flexibility index (Phi) is 3.72. The lowest BCUT2D eigenvalue weighted by molar-refractivity contribution is 0.413. The highest BCUT2D eigenvalue weighted by molar-refractivity contribution is 5.59. The first-order valence-corrected chi connectivity index (χ1v) is 6.92. The van der Waals surface area contributed by atoms with Gasteiger partial charge in [0.05, 0.1) is 12.8 Å². The molecule has 0 atom stereocenters. The number of ether oxygens (including phenoxy) is 1. The van der Waals surface area contributed by atoms with Crippen LogP contribution in [-0.4, -0.2) is 38.3 Å². The van der Waals surface area contributed by atoms with Gasteiger partial charge in [0, 0.05) is 32.4 Å². The smallest absolute Gasteiger partial charge is 0.142 e. The van der Waals surface area contributed by atoms with Crippen molar-refractivity contribution < 1.29 is 4.74 Å². The molecule has 1 aliphatic rings. The number of anilines is 2. The number of aromatic nitrogens is 1. The molecule has 1 saturated heterocycles. The first-order valence-electron chi connectivity index (χ1n) is 6.92. The zero-order valence-electron chi connectivity index (χ0n) is 11.7. The molecule has 0 saturated carbocycles. The molecule has 0 spiro atoms. The molecule has 0 aliphatic carbocycles. The minimum atomic E-state index is 0.943. The summed E-state index contributed by atoms with van der Waals surface area (Å²) in [5.41, 5.74) is 1.18. The predicted molar refractivity (Wildman–Crippen MR) is 81.7 cm³/mol. The number of benzene rings is 1. The maximum atomic E-state index is 5.44. The molecular formula is C16H19N3O. The van der Waals surface area contributed by atoms with E-state index in [9.17, 15) is 0 Å². The van der Waals surface area contributed by atoms with E-state index < -0.39 is 0 Å². The quantitative estimate of drug-likeness (QED) is 0.855. The second kappa shape index (κ2) is 5.82. The molecule has 0 amide bonds. The molecule has 1 aliphatic heterocycles. The van der Waals surface area contributed by atoms with Crippen LogP contribution in [0.15, 0.2) is 48.7 Å². The second-order valence-electron chi connectivity index (χ2n) is 4.83. The van der Waals surface area contributed by atoms with Crippen molar-refractivity contribution in [3.05, 3.63) is 48.7 Å². The van der Waals surface area contributed by atoms with E-state index in [0.717, 1.165) is 37.7 Å². The summed E-state index contributed by atoms with van der Waals surface area (Å²) in [6.45, 7) is 3.93. The summed E-state index contributed by atoms with van der Waals surface area (Å²) < 4.78 is 5.44. The highest BCUT2D eigenvalue weighted by Gasteiger charge is 2.19. The standard InChI is InChI=1S/C16H19N3O/c1-20-15-7-3-2-6-14(15)18-10-12-19(13-11-18)16-8-4-5-9-17-16/h2-9H,10-13H2,1H3. The third-order valence-corrected chi connectivity index (χ3v) is 3.68. The maximum absolute atomic E-state index is 5.44. The molecule has 1 aromatic carbocycles. The Hall–Kier alpha value is -2.23. The van der Waals surface area contributed by atoms with E-state index in [4.69, 9.17) is 4.74 Å². The Morgan fingerprint density at radius 1 is 0.900 bits per heavy atom. The van der Waals surface area contributed by atoms with Crippen LogP contribution in [0.3, 0.4) is 0 Å². The molecule has 0 bridgehead atoms. The molecule has 0 unspecified atom stereocenters. The van der Waals surface area contributed by atoms with Gasteiger partial charge in [0.25, 0.3) is 0 Å². The van der Waals surface area contributed by atoms with Crippen molar-refractivity contribution >= 4 is 11.5 Å². The average molecular weight is 269 g/mol. The van der Waals surface area contributed by atoms with Crippen LogP contribution in [0.5, 0.6) is 5.75 Å². The zero-order chi connectivity index (χ0) is 13.8. The van der Waals surface area contributed by atoms with Crippen LogP contribution in [0.4, 0.5) is 11.5 Å². The molecule has 3 rings (SSSR count). The second-order valence-corrected chi connectivity index (χ2v) is 4.83. The van der Waals surface area contributed by atoms with Crippen molar-refractivity contribution in [1.29, 1.82) is 0 Å². The summed E-state index contributed by atoms with van der Waals surface area (Å²) >= 11 is 0. The fraction of sp³-hybridized carbons (Fsp3) is 0.312. The van der Waals surface area contributed by atoms with Gasteiger partial charge < -0.3 is 14.5 Å². The summed E-state index contributed by atoms with van der Waals surface area (Å²) in [6, 6.07) is 14.3. The van der Waals surface area contributed by atoms with Gasteiger partial charge in [0.2, 0.25) is 0 Å². The van der Waals surface area contributed by atoms with Gasteiger partial charge in [-0.25, -0.2) is 4.98 Å². The Labute approximate surface area is 119 Å². The van der Waals surface area contributed by atoms with Crippen molar-refractivity contribution in [2.75, 3.05) is 43.1 Å². The first kappa shape index (κ1) is 12.8. The molecule has 104 valence electrons. The summed E-state index contributed by atoms with van der Waals surface area (Å²) in [6.07, 6.45) is 1.85. The maximum Gasteiger partial charge on any atom is 0.142 e. The van der Waals surface area contributed by atoms with Gasteiger partial charge in [-0.3, -0.25) is 0 Å². The van der Waals surface area contributed by atoms with Crippen LogP contribution >= 0.6 is 0 Å². The Bertz CT molecular complexity index is 551. The number of para-hydroxylation sites is 2. The van der Waals surface area contributed by atoms with Gasteiger partial charge in [-0.2, -0.15) is 0 Å². The highest BCUT2D eigenvalue weighted by Crippen LogP contribution is 2.28. The monoisotopic (exact) mass is 269 g/mol. The van der Waals surface area contributed by atoms with Crippen LogP contribution in [-0.2, 0) is 0 Å². The van der Waals surface area contributed by atoms with E-state index in [1.165, 1.54) is 5.69 Å². The fourth-order valence-electron chi connectivity index (χ4n) is 2.61. The molecular weight excluding hydrogens is 250 g/mol. The van der Waals surface area contributed by atoms with Gasteiger partial charge in [-0.05, 0) is 24.3 Å². The number of hydrogen-bond acceptors (Lipinski definition) is 4. The average Bonchev–Trinajstić information content (AvgIpc) is 2.56. The SMILES string of the molecule is COc1ccccc1N1CCN(c2ccccn2)CC1. The Morgan fingerprint density at radius 2 is 1.60 bits per heavy atom. The molecule has 4 nitrogen and oxygen atoms in total. The minimum absolute atomic E-state index is 0.943. The predicted octanol–water partition coefficient (Wildman–Crippen LogP) is 2.42. The minimum Gasteiger partial charge on any atom is -0.495 e. The van der Waals surface area contributed by atoms with E-state index in [0.29, 0.717) is 0 Å². The van der Waals surface area contributed by atoms with Crippen LogP contribution in [0, 0.1) is 0 Å². The van der Waals surface area contributed by atoms with E-state index in [2.05, 4.69) is 33.0 Å². The van der Waals surface area contributed by atoms with Gasteiger partial charge >= 0.3 is 0 Å². The normalized spacial score (nSPS) is 15.2. The van der Waals surface area contributed by atoms with Crippen LogP contribution < -0.4 is 14.5 Å². The van der Waals surface area contributed by atoms with Gasteiger partial charge in [-0.15, -0.1) is 0 Å². The van der Waals surface area contributed by atoms with Crippen molar-refractivity contribution in [2.45, 2.75) is 0 Å². The molecule has 1 aromatic heterocycles. The molecule has 0 N–H and O–H groups in total. The molecule has 0 radical (unpaired) electrons. The summed E-state index contributed by atoms with van der Waals surface area (Å²) in [5.74, 6) is 2.01. The fourth-order valence-corrected chi connectivity index (χ4v) is 2.61. The van der Waals surface area contributed by atoms with Crippen LogP contribution in [0.2, 0.25) is 0 Å².